The van der Waals surface area contributed by atoms with Crippen molar-refractivity contribution in [3.8, 4) is 0 Å². The molecule has 2 heteroatoms. The van der Waals surface area contributed by atoms with Crippen LogP contribution in [0, 0.1) is 17.8 Å². The van der Waals surface area contributed by atoms with Gasteiger partial charge in [-0.1, -0.05) is 20.8 Å². The Morgan fingerprint density at radius 3 is 2.46 bits per heavy atom. The van der Waals surface area contributed by atoms with E-state index in [1.807, 2.05) is 0 Å². The number of nitrogens with zero attached hydrogens (tertiary/aromatic N) is 1. The lowest BCUT2D eigenvalue weighted by atomic mass is 9.81. The molecule has 0 radical (unpaired) electrons. The molecule has 0 aromatic carbocycles. The van der Waals surface area contributed by atoms with E-state index >= 15 is 0 Å². The minimum absolute atomic E-state index is 0.499. The fourth-order valence-corrected chi connectivity index (χ4v) is 2.56. The van der Waals surface area contributed by atoms with Crippen LogP contribution in [-0.2, 0) is 0 Å². The van der Waals surface area contributed by atoms with Gasteiger partial charge in [-0.2, -0.15) is 0 Å². The molecule has 2 saturated heterocycles. The second-order valence-corrected chi connectivity index (χ2v) is 5.32. The van der Waals surface area contributed by atoms with Gasteiger partial charge < -0.3 is 5.73 Å². The van der Waals surface area contributed by atoms with Gasteiger partial charge in [0.15, 0.2) is 0 Å². The lowest BCUT2D eigenvalue weighted by Crippen LogP contribution is -2.50. The third-order valence-electron chi connectivity index (χ3n) is 4.13. The van der Waals surface area contributed by atoms with E-state index in [1.54, 1.807) is 0 Å². The molecule has 13 heavy (non-hydrogen) atoms. The molecule has 2 heterocycles. The van der Waals surface area contributed by atoms with E-state index in [9.17, 15) is 0 Å². The van der Waals surface area contributed by atoms with Crippen LogP contribution in [0.1, 0.15) is 27.2 Å². The first-order valence-electron chi connectivity index (χ1n) is 5.59. The summed E-state index contributed by atoms with van der Waals surface area (Å²) in [5.41, 5.74) is 6.03. The Balaban J connectivity index is 1.84. The van der Waals surface area contributed by atoms with Crippen molar-refractivity contribution in [2.24, 2.45) is 23.5 Å². The molecule has 2 N–H and O–H groups in total. The van der Waals surface area contributed by atoms with Gasteiger partial charge in [0.2, 0.25) is 0 Å². The molecule has 4 unspecified atom stereocenters. The lowest BCUT2D eigenvalue weighted by molar-refractivity contribution is 0.180. The van der Waals surface area contributed by atoms with Crippen molar-refractivity contribution in [2.45, 2.75) is 39.3 Å². The van der Waals surface area contributed by atoms with Crippen LogP contribution < -0.4 is 5.73 Å². The Morgan fingerprint density at radius 2 is 2.08 bits per heavy atom. The summed E-state index contributed by atoms with van der Waals surface area (Å²) in [5.74, 6) is 2.44. The van der Waals surface area contributed by atoms with Gasteiger partial charge >= 0.3 is 0 Å². The standard InChI is InChI=1S/C11H22N2/c1-7(2)8(3)5-13-6-9-4-10(13)11(9)12/h7-11H,4-6,12H2,1-3H3. The van der Waals surface area contributed by atoms with E-state index in [-0.39, 0.29) is 0 Å². The van der Waals surface area contributed by atoms with E-state index in [1.165, 1.54) is 19.5 Å². The highest BCUT2D eigenvalue weighted by molar-refractivity contribution is 5.07. The van der Waals surface area contributed by atoms with Crippen LogP contribution in [-0.4, -0.2) is 30.1 Å². The average molecular weight is 182 g/mol. The van der Waals surface area contributed by atoms with Gasteiger partial charge in [0.25, 0.3) is 0 Å². The zero-order valence-electron chi connectivity index (χ0n) is 9.03. The molecule has 4 atom stereocenters. The number of hydrogen-bond acceptors (Lipinski definition) is 2. The zero-order chi connectivity index (χ0) is 9.59. The van der Waals surface area contributed by atoms with Crippen molar-refractivity contribution >= 4 is 0 Å². The van der Waals surface area contributed by atoms with Crippen LogP contribution in [0.4, 0.5) is 0 Å². The number of fused-ring (bicyclic) bond motifs is 1. The van der Waals surface area contributed by atoms with Crippen LogP contribution in [0.5, 0.6) is 0 Å². The van der Waals surface area contributed by atoms with Crippen molar-refractivity contribution in [1.82, 2.24) is 4.90 Å². The Hall–Kier alpha value is -0.0800. The summed E-state index contributed by atoms with van der Waals surface area (Å²) in [6.07, 6.45) is 1.37. The molecular weight excluding hydrogens is 160 g/mol. The van der Waals surface area contributed by atoms with Crippen LogP contribution >= 0.6 is 0 Å². The molecule has 1 aliphatic carbocycles. The molecule has 76 valence electrons. The Kier molecular flexibility index (Phi) is 2.37. The molecule has 3 aliphatic rings. The normalized spacial score (nSPS) is 40.8. The quantitative estimate of drug-likeness (QED) is 0.713. The maximum Gasteiger partial charge on any atom is 0.0254 e. The van der Waals surface area contributed by atoms with Crippen molar-refractivity contribution in [2.75, 3.05) is 13.1 Å². The number of hydrogen-bond donors (Lipinski definition) is 1. The summed E-state index contributed by atoms with van der Waals surface area (Å²) in [5, 5.41) is 0. The molecule has 0 amide bonds. The van der Waals surface area contributed by atoms with Crippen LogP contribution in [0.2, 0.25) is 0 Å². The average Bonchev–Trinajstić information content (AvgIpc) is 2.59. The summed E-state index contributed by atoms with van der Waals surface area (Å²) in [6.45, 7) is 9.50. The lowest BCUT2D eigenvalue weighted by Gasteiger charge is -2.34. The molecule has 0 spiro atoms. The molecule has 2 aliphatic heterocycles. The monoisotopic (exact) mass is 182 g/mol. The second-order valence-electron chi connectivity index (χ2n) is 5.32. The van der Waals surface area contributed by atoms with Gasteiger partial charge in [-0.3, -0.25) is 4.90 Å². The maximum atomic E-state index is 6.03. The molecule has 2 nitrogen and oxygen atoms in total. The third-order valence-corrected chi connectivity index (χ3v) is 4.13. The Bertz CT molecular complexity index is 191. The van der Waals surface area contributed by atoms with Crippen LogP contribution in [0.25, 0.3) is 0 Å². The Labute approximate surface area is 81.5 Å². The maximum absolute atomic E-state index is 6.03. The summed E-state index contributed by atoms with van der Waals surface area (Å²) in [6, 6.07) is 1.23. The first kappa shape index (κ1) is 9.47. The summed E-state index contributed by atoms with van der Waals surface area (Å²) in [7, 11) is 0. The Morgan fingerprint density at radius 1 is 1.38 bits per heavy atom. The smallest absolute Gasteiger partial charge is 0.0254 e. The van der Waals surface area contributed by atoms with Crippen molar-refractivity contribution in [3.63, 3.8) is 0 Å². The summed E-state index contributed by atoms with van der Waals surface area (Å²) < 4.78 is 0. The number of rotatable bonds is 3. The van der Waals surface area contributed by atoms with E-state index in [0.717, 1.165) is 23.8 Å². The molecule has 1 saturated carbocycles. The predicted molar refractivity (Wildman–Crippen MR) is 55.4 cm³/mol. The van der Waals surface area contributed by atoms with Gasteiger partial charge in [0, 0.05) is 25.2 Å². The van der Waals surface area contributed by atoms with Crippen LogP contribution in [0.3, 0.4) is 0 Å². The minimum atomic E-state index is 0.499. The summed E-state index contributed by atoms with van der Waals surface area (Å²) >= 11 is 0. The van der Waals surface area contributed by atoms with E-state index in [2.05, 4.69) is 25.7 Å². The minimum Gasteiger partial charge on any atom is -0.326 e. The summed E-state index contributed by atoms with van der Waals surface area (Å²) in [4.78, 5) is 2.61. The van der Waals surface area contributed by atoms with Gasteiger partial charge in [-0.05, 0) is 24.2 Å². The molecule has 0 aromatic rings. The molecule has 3 rings (SSSR count). The van der Waals surface area contributed by atoms with Gasteiger partial charge in [-0.15, -0.1) is 0 Å². The van der Waals surface area contributed by atoms with Crippen molar-refractivity contribution < 1.29 is 0 Å². The van der Waals surface area contributed by atoms with E-state index < -0.39 is 0 Å². The second kappa shape index (κ2) is 3.25. The predicted octanol–water partition coefficient (Wildman–Crippen LogP) is 1.31. The van der Waals surface area contributed by atoms with E-state index in [4.69, 9.17) is 5.73 Å². The molecule has 3 fully saturated rings. The highest BCUT2D eigenvalue weighted by Crippen LogP contribution is 2.40. The van der Waals surface area contributed by atoms with Crippen molar-refractivity contribution in [3.05, 3.63) is 0 Å². The topological polar surface area (TPSA) is 29.3 Å². The largest absolute Gasteiger partial charge is 0.326 e. The fourth-order valence-electron chi connectivity index (χ4n) is 2.56. The molecule has 2 bridgehead atoms. The van der Waals surface area contributed by atoms with Gasteiger partial charge in [0.1, 0.15) is 0 Å². The molecule has 0 aromatic heterocycles. The highest BCUT2D eigenvalue weighted by Gasteiger charge is 2.49. The zero-order valence-corrected chi connectivity index (χ0v) is 9.03. The third kappa shape index (κ3) is 1.50. The first-order valence-corrected chi connectivity index (χ1v) is 5.59. The van der Waals surface area contributed by atoms with Gasteiger partial charge in [-0.25, -0.2) is 0 Å². The van der Waals surface area contributed by atoms with Crippen LogP contribution in [0.15, 0.2) is 0 Å². The van der Waals surface area contributed by atoms with E-state index in [0.29, 0.717) is 6.04 Å². The molecular formula is C11H22N2. The van der Waals surface area contributed by atoms with Crippen molar-refractivity contribution in [1.29, 1.82) is 0 Å². The SMILES string of the molecule is CC(C)C(C)CN1CC2CC1C2N. The first-order chi connectivity index (χ1) is 6.09. The fraction of sp³-hybridized carbons (Fsp3) is 1.00. The highest BCUT2D eigenvalue weighted by atomic mass is 15.2. The number of nitrogens with two attached hydrogens (primary N) is 1. The van der Waals surface area contributed by atoms with Gasteiger partial charge in [0.05, 0.1) is 0 Å².